The Labute approximate surface area is 156 Å². The van der Waals surface area contributed by atoms with E-state index < -0.39 is 23.6 Å². The number of carbonyl (C=O) groups excluding carboxylic acids is 2. The SMILES string of the molecule is Cc1ccc2c(c1)OC(=O)CN2CC(=O)Nc1ncc(C(F)(F)F)cc1Cl. The number of aromatic nitrogens is 1. The molecule has 142 valence electrons. The van der Waals surface area contributed by atoms with Crippen LogP contribution in [-0.4, -0.2) is 29.9 Å². The Morgan fingerprint density at radius 1 is 1.37 bits per heavy atom. The minimum absolute atomic E-state index is 0.141. The summed E-state index contributed by atoms with van der Waals surface area (Å²) in [5, 5.41) is 2.01. The number of hydrogen-bond donors (Lipinski definition) is 1. The first-order valence-electron chi connectivity index (χ1n) is 7.72. The van der Waals surface area contributed by atoms with E-state index in [0.717, 1.165) is 5.56 Å². The lowest BCUT2D eigenvalue weighted by atomic mass is 10.1. The third kappa shape index (κ3) is 4.30. The smallest absolute Gasteiger partial charge is 0.417 e. The number of pyridine rings is 1. The van der Waals surface area contributed by atoms with Crippen molar-refractivity contribution in [1.29, 1.82) is 0 Å². The summed E-state index contributed by atoms with van der Waals surface area (Å²) in [6, 6.07) is 5.87. The number of anilines is 2. The van der Waals surface area contributed by atoms with Crippen LogP contribution in [0.3, 0.4) is 0 Å². The second kappa shape index (κ2) is 7.07. The second-order valence-electron chi connectivity index (χ2n) is 5.90. The maximum atomic E-state index is 12.6. The van der Waals surface area contributed by atoms with Gasteiger partial charge in [0, 0.05) is 6.20 Å². The molecule has 1 aliphatic heterocycles. The Kier molecular flexibility index (Phi) is 4.97. The van der Waals surface area contributed by atoms with E-state index in [9.17, 15) is 22.8 Å². The van der Waals surface area contributed by atoms with Crippen LogP contribution in [0.5, 0.6) is 5.75 Å². The third-order valence-corrected chi connectivity index (χ3v) is 4.05. The zero-order valence-corrected chi connectivity index (χ0v) is 14.7. The standard InChI is InChI=1S/C17H13ClF3N3O3/c1-9-2-3-12-13(4-9)27-15(26)8-24(12)7-14(25)23-16-11(18)5-10(6-22-16)17(19,20)21/h2-6H,7-8H2,1H3,(H,22,23,25). The molecule has 6 nitrogen and oxygen atoms in total. The number of fused-ring (bicyclic) bond motifs is 1. The molecule has 1 aliphatic rings. The first kappa shape index (κ1) is 19.0. The molecule has 0 spiro atoms. The molecule has 1 amide bonds. The Bertz CT molecular complexity index is 918. The molecule has 0 saturated carbocycles. The van der Waals surface area contributed by atoms with Crippen LogP contribution in [0, 0.1) is 6.92 Å². The topological polar surface area (TPSA) is 71.5 Å². The van der Waals surface area contributed by atoms with Gasteiger partial charge in [-0.2, -0.15) is 13.2 Å². The minimum atomic E-state index is -4.59. The molecular weight excluding hydrogens is 387 g/mol. The third-order valence-electron chi connectivity index (χ3n) is 3.76. The van der Waals surface area contributed by atoms with E-state index in [0.29, 0.717) is 23.7 Å². The van der Waals surface area contributed by atoms with Crippen molar-refractivity contribution >= 4 is 35.0 Å². The van der Waals surface area contributed by atoms with Crippen molar-refractivity contribution in [2.24, 2.45) is 0 Å². The van der Waals surface area contributed by atoms with Crippen LogP contribution >= 0.6 is 11.6 Å². The molecular formula is C17H13ClF3N3O3. The molecule has 2 heterocycles. The largest absolute Gasteiger partial charge is 0.423 e. The summed E-state index contributed by atoms with van der Waals surface area (Å²) in [7, 11) is 0. The number of carbonyl (C=O) groups is 2. The number of hydrogen-bond acceptors (Lipinski definition) is 5. The molecule has 0 bridgehead atoms. The highest BCUT2D eigenvalue weighted by molar-refractivity contribution is 6.33. The monoisotopic (exact) mass is 399 g/mol. The Balaban J connectivity index is 1.74. The molecule has 0 unspecified atom stereocenters. The summed E-state index contributed by atoms with van der Waals surface area (Å²) in [5.41, 5.74) is 0.420. The van der Waals surface area contributed by atoms with Crippen LogP contribution in [0.15, 0.2) is 30.5 Å². The van der Waals surface area contributed by atoms with Gasteiger partial charge in [0.25, 0.3) is 0 Å². The molecule has 0 saturated heterocycles. The van der Waals surface area contributed by atoms with Gasteiger partial charge in [0.1, 0.15) is 6.54 Å². The molecule has 1 aromatic heterocycles. The van der Waals surface area contributed by atoms with Gasteiger partial charge in [-0.25, -0.2) is 9.78 Å². The highest BCUT2D eigenvalue weighted by Gasteiger charge is 2.32. The minimum Gasteiger partial charge on any atom is -0.423 e. The van der Waals surface area contributed by atoms with Crippen molar-refractivity contribution in [3.05, 3.63) is 46.6 Å². The first-order chi connectivity index (χ1) is 12.6. The highest BCUT2D eigenvalue weighted by atomic mass is 35.5. The highest BCUT2D eigenvalue weighted by Crippen LogP contribution is 2.34. The Morgan fingerprint density at radius 2 is 2.11 bits per heavy atom. The van der Waals surface area contributed by atoms with Crippen LogP contribution in [0.25, 0.3) is 0 Å². The van der Waals surface area contributed by atoms with Gasteiger partial charge in [-0.3, -0.25) is 4.79 Å². The first-order valence-corrected chi connectivity index (χ1v) is 8.10. The quantitative estimate of drug-likeness (QED) is 0.632. The van der Waals surface area contributed by atoms with Crippen LogP contribution in [0.4, 0.5) is 24.7 Å². The lowest BCUT2D eigenvalue weighted by Gasteiger charge is -2.29. The summed E-state index contributed by atoms with van der Waals surface area (Å²) >= 11 is 5.78. The number of amides is 1. The van der Waals surface area contributed by atoms with Crippen molar-refractivity contribution in [1.82, 2.24) is 4.98 Å². The van der Waals surface area contributed by atoms with Crippen molar-refractivity contribution in [3.8, 4) is 5.75 Å². The number of alkyl halides is 3. The summed E-state index contributed by atoms with van der Waals surface area (Å²) < 4.78 is 43.1. The van der Waals surface area contributed by atoms with E-state index >= 15 is 0 Å². The molecule has 27 heavy (non-hydrogen) atoms. The number of halogens is 4. The second-order valence-corrected chi connectivity index (χ2v) is 6.31. The van der Waals surface area contributed by atoms with E-state index in [4.69, 9.17) is 16.3 Å². The molecule has 0 atom stereocenters. The van der Waals surface area contributed by atoms with Crippen LogP contribution in [0.2, 0.25) is 5.02 Å². The maximum Gasteiger partial charge on any atom is 0.417 e. The van der Waals surface area contributed by atoms with Crippen molar-refractivity contribution in [2.75, 3.05) is 23.3 Å². The number of nitrogens with one attached hydrogen (secondary N) is 1. The average molecular weight is 400 g/mol. The zero-order chi connectivity index (χ0) is 19.8. The number of benzene rings is 1. The Hall–Kier alpha value is -2.81. The van der Waals surface area contributed by atoms with Crippen molar-refractivity contribution in [2.45, 2.75) is 13.1 Å². The lowest BCUT2D eigenvalue weighted by molar-refractivity contribution is -0.138. The molecule has 1 aromatic carbocycles. The predicted molar refractivity (Wildman–Crippen MR) is 91.9 cm³/mol. The summed E-state index contributed by atoms with van der Waals surface area (Å²) in [6.07, 6.45) is -4.01. The molecule has 1 N–H and O–H groups in total. The van der Waals surface area contributed by atoms with E-state index in [2.05, 4.69) is 10.3 Å². The fourth-order valence-corrected chi connectivity index (χ4v) is 2.74. The summed E-state index contributed by atoms with van der Waals surface area (Å²) in [5.74, 6) is -0.972. The zero-order valence-electron chi connectivity index (χ0n) is 13.9. The molecule has 0 aliphatic carbocycles. The van der Waals surface area contributed by atoms with E-state index in [1.54, 1.807) is 18.2 Å². The summed E-state index contributed by atoms with van der Waals surface area (Å²) in [6.45, 7) is 1.46. The number of esters is 1. The van der Waals surface area contributed by atoms with Gasteiger partial charge in [-0.1, -0.05) is 17.7 Å². The van der Waals surface area contributed by atoms with E-state index in [1.165, 1.54) is 4.90 Å². The lowest BCUT2D eigenvalue weighted by Crippen LogP contribution is -2.41. The van der Waals surface area contributed by atoms with Gasteiger partial charge < -0.3 is 15.0 Å². The van der Waals surface area contributed by atoms with Gasteiger partial charge >= 0.3 is 12.1 Å². The van der Waals surface area contributed by atoms with Gasteiger partial charge in [-0.05, 0) is 30.7 Å². The number of ether oxygens (including phenoxy) is 1. The molecule has 0 fully saturated rings. The van der Waals surface area contributed by atoms with Crippen LogP contribution in [-0.2, 0) is 15.8 Å². The molecule has 3 rings (SSSR count). The molecule has 0 radical (unpaired) electrons. The van der Waals surface area contributed by atoms with Gasteiger partial charge in [0.2, 0.25) is 5.91 Å². The maximum absolute atomic E-state index is 12.6. The molecule has 10 heteroatoms. The van der Waals surface area contributed by atoms with E-state index in [-0.39, 0.29) is 23.9 Å². The Morgan fingerprint density at radius 3 is 2.78 bits per heavy atom. The number of aryl methyl sites for hydroxylation is 1. The fourth-order valence-electron chi connectivity index (χ4n) is 2.53. The molecule has 2 aromatic rings. The fraction of sp³-hybridized carbons (Fsp3) is 0.235. The predicted octanol–water partition coefficient (Wildman–Crippen LogP) is 3.43. The van der Waals surface area contributed by atoms with Gasteiger partial charge in [0.05, 0.1) is 22.8 Å². The normalized spacial score (nSPS) is 13.8. The van der Waals surface area contributed by atoms with Gasteiger partial charge in [0.15, 0.2) is 11.6 Å². The average Bonchev–Trinajstić information content (AvgIpc) is 2.55. The number of nitrogens with zero attached hydrogens (tertiary/aromatic N) is 2. The van der Waals surface area contributed by atoms with E-state index in [1.807, 2.05) is 6.92 Å². The summed E-state index contributed by atoms with van der Waals surface area (Å²) in [4.78, 5) is 29.1. The van der Waals surface area contributed by atoms with Crippen LogP contribution in [0.1, 0.15) is 11.1 Å². The van der Waals surface area contributed by atoms with Crippen molar-refractivity contribution in [3.63, 3.8) is 0 Å². The van der Waals surface area contributed by atoms with Gasteiger partial charge in [-0.15, -0.1) is 0 Å². The number of rotatable bonds is 3. The van der Waals surface area contributed by atoms with Crippen molar-refractivity contribution < 1.29 is 27.5 Å². The van der Waals surface area contributed by atoms with Crippen LogP contribution < -0.4 is 15.0 Å².